The molecule has 5 nitrogen and oxygen atoms in total. The monoisotopic (exact) mass is 530 g/mol. The van der Waals surface area contributed by atoms with Gasteiger partial charge in [0, 0.05) is 24.8 Å². The van der Waals surface area contributed by atoms with Crippen LogP contribution in [0, 0.1) is 6.92 Å². The Morgan fingerprint density at radius 2 is 1.66 bits per heavy atom. The van der Waals surface area contributed by atoms with E-state index in [-0.39, 0.29) is 17.9 Å². The summed E-state index contributed by atoms with van der Waals surface area (Å²) in [6.45, 7) is 2.41. The van der Waals surface area contributed by atoms with Gasteiger partial charge in [-0.15, -0.1) is 11.8 Å². The van der Waals surface area contributed by atoms with Crippen molar-refractivity contribution in [3.8, 4) is 5.75 Å². The highest BCUT2D eigenvalue weighted by molar-refractivity contribution is 7.99. The fourth-order valence-corrected chi connectivity index (χ4v) is 5.78. The molecule has 0 spiro atoms. The molecule has 2 amide bonds. The van der Waals surface area contributed by atoms with E-state index in [0.717, 1.165) is 48.3 Å². The van der Waals surface area contributed by atoms with Gasteiger partial charge in [-0.3, -0.25) is 9.59 Å². The zero-order chi connectivity index (χ0) is 26.7. The summed E-state index contributed by atoms with van der Waals surface area (Å²) in [6.07, 6.45) is 4.74. The van der Waals surface area contributed by atoms with Gasteiger partial charge in [0.05, 0.1) is 12.9 Å². The Balaban J connectivity index is 1.57. The number of thioether (sulfide) groups is 1. The van der Waals surface area contributed by atoms with E-state index in [9.17, 15) is 9.59 Å². The summed E-state index contributed by atoms with van der Waals surface area (Å²) in [5.74, 6) is 1.68. The van der Waals surface area contributed by atoms with Crippen molar-refractivity contribution in [1.29, 1.82) is 0 Å². The second-order valence-corrected chi connectivity index (χ2v) is 11.0. The summed E-state index contributed by atoms with van der Waals surface area (Å²) in [5.41, 5.74) is 4.38. The SMILES string of the molecule is COc1cccc(CN(C(=O)CSCc2ccc(C)cc2)[C@@H](Cc2ccccc2)C(=O)NC2CCCC2)c1. The summed E-state index contributed by atoms with van der Waals surface area (Å²) in [7, 11) is 1.64. The van der Waals surface area contributed by atoms with Crippen molar-refractivity contribution in [3.05, 3.63) is 101 Å². The molecule has 1 atom stereocenters. The summed E-state index contributed by atoms with van der Waals surface area (Å²) >= 11 is 1.59. The zero-order valence-corrected chi connectivity index (χ0v) is 23.2. The molecule has 1 N–H and O–H groups in total. The molecule has 0 aromatic heterocycles. The summed E-state index contributed by atoms with van der Waals surface area (Å²) in [6, 6.07) is 25.7. The first-order chi connectivity index (χ1) is 18.5. The minimum atomic E-state index is -0.600. The number of rotatable bonds is 12. The fourth-order valence-electron chi connectivity index (χ4n) is 4.91. The quantitative estimate of drug-likeness (QED) is 0.315. The van der Waals surface area contributed by atoms with E-state index in [0.29, 0.717) is 18.7 Å². The predicted molar refractivity (Wildman–Crippen MR) is 155 cm³/mol. The van der Waals surface area contributed by atoms with Gasteiger partial charge in [-0.25, -0.2) is 0 Å². The first-order valence-electron chi connectivity index (χ1n) is 13.4. The highest BCUT2D eigenvalue weighted by atomic mass is 32.2. The third kappa shape index (κ3) is 8.12. The van der Waals surface area contributed by atoms with Crippen LogP contribution >= 0.6 is 11.8 Å². The van der Waals surface area contributed by atoms with Crippen LogP contribution in [0.15, 0.2) is 78.9 Å². The molecule has 0 saturated heterocycles. The van der Waals surface area contributed by atoms with Crippen LogP contribution in [0.4, 0.5) is 0 Å². The lowest BCUT2D eigenvalue weighted by Crippen LogP contribution is -2.52. The van der Waals surface area contributed by atoms with Crippen LogP contribution in [0.5, 0.6) is 5.75 Å². The van der Waals surface area contributed by atoms with Crippen LogP contribution in [-0.4, -0.2) is 41.7 Å². The van der Waals surface area contributed by atoms with Crippen molar-refractivity contribution in [2.45, 2.75) is 63.4 Å². The third-order valence-corrected chi connectivity index (χ3v) is 8.06. The van der Waals surface area contributed by atoms with Crippen LogP contribution in [-0.2, 0) is 28.3 Å². The van der Waals surface area contributed by atoms with Gasteiger partial charge < -0.3 is 15.0 Å². The van der Waals surface area contributed by atoms with Crippen LogP contribution < -0.4 is 10.1 Å². The van der Waals surface area contributed by atoms with E-state index >= 15 is 0 Å². The molecule has 3 aromatic carbocycles. The second kappa shape index (κ2) is 14.1. The molecule has 0 aliphatic heterocycles. The van der Waals surface area contributed by atoms with Gasteiger partial charge >= 0.3 is 0 Å². The molecule has 38 heavy (non-hydrogen) atoms. The van der Waals surface area contributed by atoms with Crippen molar-refractivity contribution in [3.63, 3.8) is 0 Å². The van der Waals surface area contributed by atoms with Crippen molar-refractivity contribution in [1.82, 2.24) is 10.2 Å². The molecule has 1 saturated carbocycles. The Labute approximate surface area is 231 Å². The van der Waals surface area contributed by atoms with Crippen LogP contribution in [0.1, 0.15) is 47.9 Å². The van der Waals surface area contributed by atoms with Crippen molar-refractivity contribution >= 4 is 23.6 Å². The molecule has 1 aliphatic rings. The van der Waals surface area contributed by atoms with E-state index in [1.165, 1.54) is 11.1 Å². The lowest BCUT2D eigenvalue weighted by molar-refractivity contribution is -0.139. The Morgan fingerprint density at radius 3 is 2.37 bits per heavy atom. The summed E-state index contributed by atoms with van der Waals surface area (Å²) < 4.78 is 5.42. The van der Waals surface area contributed by atoms with Gasteiger partial charge in [0.15, 0.2) is 0 Å². The second-order valence-electron chi connectivity index (χ2n) is 10.0. The van der Waals surface area contributed by atoms with E-state index in [1.54, 1.807) is 23.8 Å². The van der Waals surface area contributed by atoms with Crippen LogP contribution in [0.25, 0.3) is 0 Å². The number of aryl methyl sites for hydroxylation is 1. The summed E-state index contributed by atoms with van der Waals surface area (Å²) in [5, 5.41) is 3.27. The molecule has 0 unspecified atom stereocenters. The van der Waals surface area contributed by atoms with Crippen LogP contribution in [0.3, 0.4) is 0 Å². The molecule has 3 aromatic rings. The molecule has 4 rings (SSSR count). The van der Waals surface area contributed by atoms with Crippen molar-refractivity contribution in [2.75, 3.05) is 12.9 Å². The fraction of sp³-hybridized carbons (Fsp3) is 0.375. The van der Waals surface area contributed by atoms with Crippen LogP contribution in [0.2, 0.25) is 0 Å². The maximum absolute atomic E-state index is 13.8. The number of benzene rings is 3. The van der Waals surface area contributed by atoms with Crippen molar-refractivity contribution in [2.24, 2.45) is 0 Å². The average Bonchev–Trinajstić information content (AvgIpc) is 3.45. The summed E-state index contributed by atoms with van der Waals surface area (Å²) in [4.78, 5) is 29.3. The number of hydrogen-bond donors (Lipinski definition) is 1. The topological polar surface area (TPSA) is 58.6 Å². The molecule has 1 fully saturated rings. The largest absolute Gasteiger partial charge is 0.497 e. The predicted octanol–water partition coefficient (Wildman–Crippen LogP) is 5.94. The number of carbonyl (C=O) groups is 2. The standard InChI is InChI=1S/C32H38N2O3S/c1-24-15-17-26(18-16-24)22-38-23-31(35)34(21-27-11-8-14-29(19-27)37-2)30(20-25-9-4-3-5-10-25)32(36)33-28-12-6-7-13-28/h3-5,8-11,14-19,28,30H,6-7,12-13,20-23H2,1-2H3,(H,33,36)/t30-/m0/s1. The number of methoxy groups -OCH3 is 1. The number of amides is 2. The van der Waals surface area contributed by atoms with E-state index < -0.39 is 6.04 Å². The minimum absolute atomic E-state index is 0.0348. The van der Waals surface area contributed by atoms with E-state index in [2.05, 4.69) is 36.5 Å². The zero-order valence-electron chi connectivity index (χ0n) is 22.4. The number of carbonyl (C=O) groups excluding carboxylic acids is 2. The molecule has 0 bridgehead atoms. The van der Waals surface area contributed by atoms with E-state index in [4.69, 9.17) is 4.74 Å². The van der Waals surface area contributed by atoms with Gasteiger partial charge in [-0.05, 0) is 48.6 Å². The lowest BCUT2D eigenvalue weighted by Gasteiger charge is -2.32. The molecular formula is C32H38N2O3S. The number of hydrogen-bond acceptors (Lipinski definition) is 4. The maximum Gasteiger partial charge on any atom is 0.243 e. The molecular weight excluding hydrogens is 492 g/mol. The Morgan fingerprint density at radius 1 is 0.947 bits per heavy atom. The lowest BCUT2D eigenvalue weighted by atomic mass is 10.0. The minimum Gasteiger partial charge on any atom is -0.497 e. The third-order valence-electron chi connectivity index (χ3n) is 7.07. The van der Waals surface area contributed by atoms with Crippen molar-refractivity contribution < 1.29 is 14.3 Å². The van der Waals surface area contributed by atoms with Gasteiger partial charge in [-0.1, -0.05) is 85.1 Å². The van der Waals surface area contributed by atoms with Gasteiger partial charge in [-0.2, -0.15) is 0 Å². The molecule has 6 heteroatoms. The maximum atomic E-state index is 13.8. The number of ether oxygens (including phenoxy) is 1. The van der Waals surface area contributed by atoms with Gasteiger partial charge in [0.25, 0.3) is 0 Å². The first kappa shape index (κ1) is 27.8. The average molecular weight is 531 g/mol. The Bertz CT molecular complexity index is 1180. The molecule has 1 aliphatic carbocycles. The van der Waals surface area contributed by atoms with Gasteiger partial charge in [0.1, 0.15) is 11.8 Å². The highest BCUT2D eigenvalue weighted by Crippen LogP contribution is 2.22. The molecule has 0 radical (unpaired) electrons. The Hall–Kier alpha value is -3.25. The first-order valence-corrected chi connectivity index (χ1v) is 14.6. The Kier molecular flexibility index (Phi) is 10.3. The molecule has 200 valence electrons. The van der Waals surface area contributed by atoms with Gasteiger partial charge in [0.2, 0.25) is 11.8 Å². The number of nitrogens with one attached hydrogen (secondary N) is 1. The number of nitrogens with zero attached hydrogens (tertiary/aromatic N) is 1. The highest BCUT2D eigenvalue weighted by Gasteiger charge is 2.32. The smallest absolute Gasteiger partial charge is 0.243 e. The normalized spacial score (nSPS) is 14.2. The molecule has 0 heterocycles. The van der Waals surface area contributed by atoms with E-state index in [1.807, 2.05) is 54.6 Å².